The lowest BCUT2D eigenvalue weighted by Crippen LogP contribution is -2.41. The highest BCUT2D eigenvalue weighted by atomic mass is 32.2. The maximum Gasteiger partial charge on any atom is 0.416 e. The van der Waals surface area contributed by atoms with Crippen molar-refractivity contribution >= 4 is 46.7 Å². The Bertz CT molecular complexity index is 1780. The van der Waals surface area contributed by atoms with Gasteiger partial charge in [0, 0.05) is 43.8 Å². The Morgan fingerprint density at radius 2 is 1.82 bits per heavy atom. The molecule has 2 heterocycles. The fourth-order valence-corrected chi connectivity index (χ4v) is 7.43. The molecule has 1 aliphatic heterocycles. The van der Waals surface area contributed by atoms with Crippen LogP contribution in [0, 0.1) is 18.7 Å². The van der Waals surface area contributed by atoms with Gasteiger partial charge in [-0.25, -0.2) is 13.8 Å². The lowest BCUT2D eigenvalue weighted by molar-refractivity contribution is -0.144. The second-order valence-electron chi connectivity index (χ2n) is 12.4. The quantitative estimate of drug-likeness (QED) is 0.110. The van der Waals surface area contributed by atoms with Crippen molar-refractivity contribution in [2.24, 2.45) is 13.0 Å². The van der Waals surface area contributed by atoms with Crippen LogP contribution in [0.4, 0.5) is 33.3 Å². The molecule has 1 aliphatic carbocycles. The van der Waals surface area contributed by atoms with Gasteiger partial charge in [0.2, 0.25) is 6.41 Å². The Balaban J connectivity index is 0.000000281. The van der Waals surface area contributed by atoms with Crippen LogP contribution in [0.15, 0.2) is 65.6 Å². The number of nitrogens with zero attached hydrogens (tertiary/aromatic N) is 4. The molecule has 2 N–H and O–H groups in total. The highest BCUT2D eigenvalue weighted by Gasteiger charge is 2.39. The number of imidazole rings is 1. The molecule has 262 valence electrons. The number of carboxylic acids is 1. The number of carboxylic acid groups (broad SMARTS) is 1. The van der Waals surface area contributed by atoms with Crippen molar-refractivity contribution < 1.29 is 36.6 Å². The molecule has 1 saturated carbocycles. The zero-order valence-corrected chi connectivity index (χ0v) is 28.1. The predicted octanol–water partition coefficient (Wildman–Crippen LogP) is 7.82. The molecule has 6 rings (SSSR count). The van der Waals surface area contributed by atoms with Gasteiger partial charge in [-0.05, 0) is 105 Å². The number of fused-ring (bicyclic) bond motifs is 1. The van der Waals surface area contributed by atoms with Gasteiger partial charge in [-0.1, -0.05) is 12.1 Å². The van der Waals surface area contributed by atoms with Crippen molar-refractivity contribution in [1.82, 2.24) is 14.5 Å². The van der Waals surface area contributed by atoms with E-state index in [9.17, 15) is 36.6 Å². The number of hydrogen-bond donors (Lipinski definition) is 2. The van der Waals surface area contributed by atoms with Gasteiger partial charge in [0.05, 0.1) is 28.2 Å². The average molecular weight is 704 g/mol. The van der Waals surface area contributed by atoms with Gasteiger partial charge >= 0.3 is 12.1 Å². The number of carbonyl (C=O) groups is 2. The maximum atomic E-state index is 13.8. The first kappa shape index (κ1) is 36.1. The fraction of sp³-hybridized carbons (Fsp3) is 0.400. The number of anilines is 2. The summed E-state index contributed by atoms with van der Waals surface area (Å²) in [6.07, 6.45) is -2.30. The third-order valence-electron chi connectivity index (χ3n) is 9.33. The van der Waals surface area contributed by atoms with E-state index in [2.05, 4.69) is 61.2 Å². The molecule has 49 heavy (non-hydrogen) atoms. The van der Waals surface area contributed by atoms with E-state index in [4.69, 9.17) is 0 Å². The lowest BCUT2D eigenvalue weighted by atomic mass is 9.73. The summed E-state index contributed by atoms with van der Waals surface area (Å²) in [4.78, 5) is 29.9. The summed E-state index contributed by atoms with van der Waals surface area (Å²) in [5, 5.41) is 11.8. The van der Waals surface area contributed by atoms with Crippen LogP contribution in [-0.2, 0) is 22.8 Å². The number of amides is 1. The predicted molar refractivity (Wildman–Crippen MR) is 180 cm³/mol. The molecule has 0 bridgehead atoms. The molecule has 14 heteroatoms. The fourth-order valence-electron chi connectivity index (χ4n) is 6.59. The summed E-state index contributed by atoms with van der Waals surface area (Å²) >= 11 is 1.64. The van der Waals surface area contributed by atoms with Crippen LogP contribution in [0.3, 0.4) is 0 Å². The number of carbonyl (C=O) groups excluding carboxylic acids is 1. The SMILES string of the molecule is Cc1nc2cc(SN(C)c3ccc([C@@H]4C[C@H](N5CCC(F)C5)CCC4C(=O)O)cc3)ccc2n1C.O=CNc1ccc(C(F)(F)F)cc1F. The van der Waals surface area contributed by atoms with E-state index >= 15 is 0 Å². The van der Waals surface area contributed by atoms with Crippen LogP contribution in [0.2, 0.25) is 0 Å². The molecule has 1 aromatic heterocycles. The standard InChI is InChI=1S/C27H33FN4O2S.C8H5F4NO/c1-17-29-25-15-22(9-11-26(25)30(17)2)35-31(3)20-6-4-18(5-7-20)24-14-21(8-10-23(24)27(33)34)32-13-12-19(28)16-32;9-6-3-5(8(10,11)12)1-2-7(6)13-4-14/h4-7,9,11,15,19,21,23-24H,8,10,12-14,16H2,1-3H3,(H,33,34);1-4H,(H,13,14)/t19?,21-,23?,24+;/m1./s1. The molecule has 0 spiro atoms. The molecule has 0 radical (unpaired) electrons. The molecule has 2 aliphatic rings. The van der Waals surface area contributed by atoms with Crippen molar-refractivity contribution in [2.75, 3.05) is 29.8 Å². The summed E-state index contributed by atoms with van der Waals surface area (Å²) in [6.45, 7) is 3.27. The third kappa shape index (κ3) is 8.53. The Morgan fingerprint density at radius 3 is 2.43 bits per heavy atom. The first-order valence-electron chi connectivity index (χ1n) is 15.9. The molecule has 2 fully saturated rings. The van der Waals surface area contributed by atoms with E-state index in [1.807, 2.05) is 26.3 Å². The molecule has 1 amide bonds. The van der Waals surface area contributed by atoms with Gasteiger partial charge in [0.15, 0.2) is 0 Å². The maximum absolute atomic E-state index is 13.8. The zero-order valence-electron chi connectivity index (χ0n) is 27.3. The summed E-state index contributed by atoms with van der Waals surface area (Å²) in [6, 6.07) is 16.7. The number of alkyl halides is 4. The third-order valence-corrected chi connectivity index (χ3v) is 10.3. The van der Waals surface area contributed by atoms with Crippen LogP contribution in [0.25, 0.3) is 11.0 Å². The lowest BCUT2D eigenvalue weighted by Gasteiger charge is -2.38. The van der Waals surface area contributed by atoms with Gasteiger partial charge in [-0.2, -0.15) is 13.2 Å². The minimum absolute atomic E-state index is 0.0493. The molecular weight excluding hydrogens is 665 g/mol. The number of benzene rings is 3. The van der Waals surface area contributed by atoms with Crippen molar-refractivity contribution in [2.45, 2.75) is 61.8 Å². The van der Waals surface area contributed by atoms with Gasteiger partial charge in [-0.3, -0.25) is 14.5 Å². The van der Waals surface area contributed by atoms with E-state index in [0.29, 0.717) is 31.5 Å². The van der Waals surface area contributed by atoms with Crippen molar-refractivity contribution in [3.8, 4) is 0 Å². The van der Waals surface area contributed by atoms with Crippen LogP contribution >= 0.6 is 11.9 Å². The van der Waals surface area contributed by atoms with Gasteiger partial charge in [0.1, 0.15) is 17.8 Å². The number of aromatic nitrogens is 2. The monoisotopic (exact) mass is 703 g/mol. The molecule has 2 unspecified atom stereocenters. The minimum atomic E-state index is -4.58. The van der Waals surface area contributed by atoms with E-state index in [1.165, 1.54) is 0 Å². The number of nitrogens with one attached hydrogen (secondary N) is 1. The van der Waals surface area contributed by atoms with E-state index in [-0.39, 0.29) is 30.0 Å². The molecule has 4 atom stereocenters. The van der Waals surface area contributed by atoms with Crippen molar-refractivity contribution in [3.05, 3.63) is 83.4 Å². The smallest absolute Gasteiger partial charge is 0.416 e. The van der Waals surface area contributed by atoms with Crippen LogP contribution < -0.4 is 9.62 Å². The van der Waals surface area contributed by atoms with Crippen LogP contribution in [-0.4, -0.2) is 64.3 Å². The Labute approximate surface area is 285 Å². The number of aryl methyl sites for hydroxylation is 2. The van der Waals surface area contributed by atoms with E-state index in [0.717, 1.165) is 58.5 Å². The van der Waals surface area contributed by atoms with E-state index in [1.54, 1.807) is 11.9 Å². The number of hydrogen-bond acceptors (Lipinski definition) is 6. The molecular formula is C35H38F5N5O3S. The molecule has 1 saturated heterocycles. The van der Waals surface area contributed by atoms with Gasteiger partial charge in [0.25, 0.3) is 0 Å². The largest absolute Gasteiger partial charge is 0.481 e. The Morgan fingerprint density at radius 1 is 1.08 bits per heavy atom. The second kappa shape index (κ2) is 15.2. The molecule has 8 nitrogen and oxygen atoms in total. The van der Waals surface area contributed by atoms with Crippen LogP contribution in [0.1, 0.15) is 48.6 Å². The van der Waals surface area contributed by atoms with Gasteiger partial charge < -0.3 is 19.3 Å². The topological polar surface area (TPSA) is 90.7 Å². The Kier molecular flexibility index (Phi) is 11.2. The van der Waals surface area contributed by atoms with Crippen molar-refractivity contribution in [3.63, 3.8) is 0 Å². The summed E-state index contributed by atoms with van der Waals surface area (Å²) in [5.74, 6) is -1.29. The van der Waals surface area contributed by atoms with E-state index < -0.39 is 29.7 Å². The number of halogens is 5. The first-order valence-corrected chi connectivity index (χ1v) is 16.6. The minimum Gasteiger partial charge on any atom is -0.481 e. The summed E-state index contributed by atoms with van der Waals surface area (Å²) < 4.78 is 66.9. The van der Waals surface area contributed by atoms with Crippen molar-refractivity contribution in [1.29, 1.82) is 0 Å². The first-order chi connectivity index (χ1) is 23.2. The normalized spacial score (nSPS) is 21.2. The zero-order chi connectivity index (χ0) is 35.5. The summed E-state index contributed by atoms with van der Waals surface area (Å²) in [5.41, 5.74) is 2.84. The molecule has 3 aromatic carbocycles. The highest BCUT2D eigenvalue weighted by molar-refractivity contribution is 8.00. The van der Waals surface area contributed by atoms with Crippen LogP contribution in [0.5, 0.6) is 0 Å². The summed E-state index contributed by atoms with van der Waals surface area (Å²) in [7, 11) is 4.06. The number of likely N-dealkylation sites (tertiary alicyclic amines) is 1. The average Bonchev–Trinajstić information content (AvgIpc) is 3.63. The number of aliphatic carboxylic acids is 1. The number of rotatable bonds is 8. The van der Waals surface area contributed by atoms with Gasteiger partial charge in [-0.15, -0.1) is 0 Å². The molecule has 4 aromatic rings. The highest BCUT2D eigenvalue weighted by Crippen LogP contribution is 2.41. The second-order valence-corrected chi connectivity index (χ2v) is 13.6. The Hall–Kier alpha value is -4.17.